The molecule has 0 atom stereocenters. The van der Waals surface area contributed by atoms with Crippen molar-refractivity contribution in [2.75, 3.05) is 18.6 Å². The van der Waals surface area contributed by atoms with Gasteiger partial charge in [0.1, 0.15) is 5.75 Å². The van der Waals surface area contributed by atoms with Crippen LogP contribution in [0.3, 0.4) is 0 Å². The number of amides is 2. The molecule has 0 bridgehead atoms. The molecule has 0 saturated carbocycles. The van der Waals surface area contributed by atoms with Crippen molar-refractivity contribution in [1.29, 1.82) is 0 Å². The molecule has 2 aromatic carbocycles. The van der Waals surface area contributed by atoms with Gasteiger partial charge in [-0.3, -0.25) is 4.90 Å². The van der Waals surface area contributed by atoms with E-state index in [-0.39, 0.29) is 33.9 Å². The number of ether oxygens (including phenoxy) is 2. The highest BCUT2D eigenvalue weighted by Crippen LogP contribution is 2.31. The number of carbonyl (C=O) groups excluding carboxylic acids is 1. The van der Waals surface area contributed by atoms with Crippen molar-refractivity contribution < 1.29 is 23.0 Å². The summed E-state index contributed by atoms with van der Waals surface area (Å²) < 4.78 is 36.8. The Morgan fingerprint density at radius 1 is 1.13 bits per heavy atom. The van der Waals surface area contributed by atoms with Crippen LogP contribution in [0.4, 0.5) is 19.3 Å². The molecule has 0 aliphatic carbocycles. The lowest BCUT2D eigenvalue weighted by Gasteiger charge is -2.20. The van der Waals surface area contributed by atoms with Crippen LogP contribution < -0.4 is 9.64 Å². The molecule has 0 aliphatic rings. The molecule has 0 aromatic heterocycles. The largest absolute Gasteiger partial charge is 0.477 e. The van der Waals surface area contributed by atoms with Crippen molar-refractivity contribution >= 4 is 64.0 Å². The Balaban J connectivity index is 2.25. The number of alkyl halides is 4. The average Bonchev–Trinajstić information content (AvgIpc) is 2.67. The van der Waals surface area contributed by atoms with Gasteiger partial charge in [0.25, 0.3) is 0 Å². The van der Waals surface area contributed by atoms with Crippen LogP contribution in [0.1, 0.15) is 12.5 Å². The molecule has 0 aliphatic heterocycles. The third kappa shape index (κ3) is 6.11. The lowest BCUT2D eigenvalue weighted by Crippen LogP contribution is -2.32. The van der Waals surface area contributed by atoms with Crippen LogP contribution >= 0.6 is 46.4 Å². The van der Waals surface area contributed by atoms with Crippen LogP contribution in [0.2, 0.25) is 10.0 Å². The number of carbonyl (C=O) groups is 1. The second-order valence-corrected chi connectivity index (χ2v) is 7.66. The first-order valence-corrected chi connectivity index (χ1v) is 10.1. The summed E-state index contributed by atoms with van der Waals surface area (Å²) in [5, 5.41) is 0.536. The number of hydrogen-bond donors (Lipinski definition) is 0. The first-order valence-electron chi connectivity index (χ1n) is 8.45. The lowest BCUT2D eigenvalue weighted by atomic mass is 10.2. The van der Waals surface area contributed by atoms with E-state index in [1.165, 1.54) is 36.2 Å². The minimum Gasteiger partial charge on any atom is -0.477 e. The minimum atomic E-state index is -3.77. The third-order valence-electron chi connectivity index (χ3n) is 3.67. The van der Waals surface area contributed by atoms with Gasteiger partial charge in [0.15, 0.2) is 0 Å². The molecule has 0 N–H and O–H groups in total. The molecule has 2 amide bonds. The van der Waals surface area contributed by atoms with E-state index in [1.54, 1.807) is 25.1 Å². The summed E-state index contributed by atoms with van der Waals surface area (Å²) >= 11 is 22.7. The number of aliphatic imine (C=N–C) groups is 1. The number of benzene rings is 2. The van der Waals surface area contributed by atoms with Crippen LogP contribution in [0.15, 0.2) is 47.5 Å². The maximum Gasteiger partial charge on any atom is 0.428 e. The molecule has 0 spiro atoms. The molecule has 30 heavy (non-hydrogen) atoms. The van der Waals surface area contributed by atoms with Crippen molar-refractivity contribution in [2.45, 2.75) is 17.9 Å². The Morgan fingerprint density at radius 3 is 2.20 bits per heavy atom. The van der Waals surface area contributed by atoms with Gasteiger partial charge in [0.2, 0.25) is 10.7 Å². The number of hydrogen-bond acceptors (Lipinski definition) is 3. The van der Waals surface area contributed by atoms with Crippen molar-refractivity contribution in [3.63, 3.8) is 0 Å². The summed E-state index contributed by atoms with van der Waals surface area (Å²) in [4.78, 5) is 15.7. The van der Waals surface area contributed by atoms with E-state index in [1.807, 2.05) is 0 Å². The molecular weight excluding hydrogens is 484 g/mol. The molecular formula is C19H16Cl4F2N2O3. The zero-order chi connectivity index (χ0) is 22.5. The summed E-state index contributed by atoms with van der Waals surface area (Å²) in [7, 11) is 1.45. The first-order chi connectivity index (χ1) is 14.1. The second-order valence-electron chi connectivity index (χ2n) is 5.75. The van der Waals surface area contributed by atoms with Gasteiger partial charge in [0, 0.05) is 12.7 Å². The highest BCUT2D eigenvalue weighted by atomic mass is 35.5. The zero-order valence-corrected chi connectivity index (χ0v) is 18.7. The van der Waals surface area contributed by atoms with Gasteiger partial charge in [-0.1, -0.05) is 52.5 Å². The standard InChI is InChI=1S/C19H16Cl4F2N2O3/c1-3-29-16(15-13(20)5-4-6-14(15)21)26-18(28)27(2)11-7-9-12(10-8-11)30-19(24,25)17(22)23/h4-10,17H,3H2,1-2H3. The van der Waals surface area contributed by atoms with Gasteiger partial charge in [-0.25, -0.2) is 4.79 Å². The van der Waals surface area contributed by atoms with Gasteiger partial charge in [0.05, 0.1) is 22.2 Å². The van der Waals surface area contributed by atoms with Crippen LogP contribution in [0.5, 0.6) is 5.75 Å². The highest BCUT2D eigenvalue weighted by molar-refractivity contribution is 6.44. The van der Waals surface area contributed by atoms with Gasteiger partial charge in [-0.15, -0.1) is 0 Å². The molecule has 0 fully saturated rings. The highest BCUT2D eigenvalue weighted by Gasteiger charge is 2.40. The molecule has 2 rings (SSSR count). The Bertz CT molecular complexity index is 904. The molecule has 0 heterocycles. The molecule has 0 radical (unpaired) electrons. The minimum absolute atomic E-state index is 0.0418. The van der Waals surface area contributed by atoms with E-state index in [0.717, 1.165) is 0 Å². The topological polar surface area (TPSA) is 51.1 Å². The maximum absolute atomic E-state index is 13.5. The molecule has 162 valence electrons. The van der Waals surface area contributed by atoms with E-state index < -0.39 is 17.0 Å². The Hall–Kier alpha value is -1.80. The zero-order valence-electron chi connectivity index (χ0n) is 15.7. The van der Waals surface area contributed by atoms with Crippen LogP contribution in [-0.2, 0) is 4.74 Å². The Morgan fingerprint density at radius 2 is 1.70 bits per heavy atom. The lowest BCUT2D eigenvalue weighted by molar-refractivity contribution is -0.163. The quantitative estimate of drug-likeness (QED) is 0.249. The normalized spacial score (nSPS) is 12.1. The summed E-state index contributed by atoms with van der Waals surface area (Å²) in [6.07, 6.45) is -3.77. The molecule has 5 nitrogen and oxygen atoms in total. The molecule has 0 unspecified atom stereocenters. The van der Waals surface area contributed by atoms with Gasteiger partial charge >= 0.3 is 12.1 Å². The third-order valence-corrected chi connectivity index (χ3v) is 4.81. The number of rotatable bonds is 6. The predicted octanol–water partition coefficient (Wildman–Crippen LogP) is 6.81. The van der Waals surface area contributed by atoms with Crippen molar-refractivity contribution in [3.8, 4) is 5.75 Å². The molecule has 2 aromatic rings. The average molecular weight is 500 g/mol. The smallest absolute Gasteiger partial charge is 0.428 e. The van der Waals surface area contributed by atoms with Crippen LogP contribution in [-0.4, -0.2) is 36.5 Å². The van der Waals surface area contributed by atoms with Crippen molar-refractivity contribution in [2.24, 2.45) is 4.99 Å². The van der Waals surface area contributed by atoms with E-state index in [2.05, 4.69) is 9.73 Å². The van der Waals surface area contributed by atoms with Gasteiger partial charge in [-0.2, -0.15) is 13.8 Å². The maximum atomic E-state index is 13.5. The van der Waals surface area contributed by atoms with Crippen LogP contribution in [0, 0.1) is 0 Å². The molecule has 11 heteroatoms. The van der Waals surface area contributed by atoms with E-state index in [4.69, 9.17) is 51.1 Å². The van der Waals surface area contributed by atoms with E-state index in [9.17, 15) is 13.6 Å². The second kappa shape index (κ2) is 10.5. The number of urea groups is 1. The summed E-state index contributed by atoms with van der Waals surface area (Å²) in [6.45, 7) is 1.94. The summed E-state index contributed by atoms with van der Waals surface area (Å²) in [6, 6.07) is 9.38. The van der Waals surface area contributed by atoms with Crippen molar-refractivity contribution in [3.05, 3.63) is 58.1 Å². The van der Waals surface area contributed by atoms with Gasteiger partial charge in [-0.05, 0) is 43.3 Å². The number of nitrogens with zero attached hydrogens (tertiary/aromatic N) is 2. The first kappa shape index (κ1) is 24.5. The fraction of sp³-hybridized carbons (Fsp3) is 0.263. The molecule has 0 saturated heterocycles. The summed E-state index contributed by atoms with van der Waals surface area (Å²) in [5.74, 6) is -0.225. The number of anilines is 1. The Labute approximate surface area is 192 Å². The monoisotopic (exact) mass is 498 g/mol. The van der Waals surface area contributed by atoms with Gasteiger partial charge < -0.3 is 9.47 Å². The predicted molar refractivity (Wildman–Crippen MR) is 116 cm³/mol. The van der Waals surface area contributed by atoms with E-state index in [0.29, 0.717) is 5.69 Å². The van der Waals surface area contributed by atoms with E-state index >= 15 is 0 Å². The van der Waals surface area contributed by atoms with Crippen LogP contribution in [0.25, 0.3) is 0 Å². The Kier molecular flexibility index (Phi) is 8.55. The van der Waals surface area contributed by atoms with Crippen molar-refractivity contribution in [1.82, 2.24) is 0 Å². The fourth-order valence-electron chi connectivity index (χ4n) is 2.21. The number of halogens is 6. The summed E-state index contributed by atoms with van der Waals surface area (Å²) in [5.41, 5.74) is 0.640. The SMILES string of the molecule is CCOC(=NC(=O)N(C)c1ccc(OC(F)(F)C(Cl)Cl)cc1)c1c(Cl)cccc1Cl. The fourth-order valence-corrected chi connectivity index (χ4v) is 2.86.